The van der Waals surface area contributed by atoms with Crippen molar-refractivity contribution in [3.8, 4) is 0 Å². The number of hydrogen-bond acceptors (Lipinski definition) is 5. The van der Waals surface area contributed by atoms with E-state index in [1.807, 2.05) is 12.1 Å². The van der Waals surface area contributed by atoms with Crippen LogP contribution in [0.2, 0.25) is 5.02 Å². The van der Waals surface area contributed by atoms with Crippen LogP contribution in [0.1, 0.15) is 13.3 Å². The molecule has 0 bridgehead atoms. The molecule has 1 aromatic carbocycles. The Morgan fingerprint density at radius 2 is 1.90 bits per heavy atom. The molecule has 0 saturated heterocycles. The number of nitrogens with zero attached hydrogens (tertiary/aromatic N) is 1. The Labute approximate surface area is 130 Å². The third-order valence-electron chi connectivity index (χ3n) is 2.28. The minimum Gasteiger partial charge on any atom is -0.398 e. The van der Waals surface area contributed by atoms with Gasteiger partial charge in [-0.3, -0.25) is 4.55 Å². The van der Waals surface area contributed by atoms with Gasteiger partial charge in [-0.15, -0.1) is 12.4 Å². The van der Waals surface area contributed by atoms with Crippen LogP contribution < -0.4 is 5.73 Å². The van der Waals surface area contributed by atoms with Crippen LogP contribution in [0.15, 0.2) is 24.3 Å². The molecule has 0 unspecified atom stereocenters. The van der Waals surface area contributed by atoms with E-state index < -0.39 is 26.4 Å². The molecule has 1 rings (SSSR count). The van der Waals surface area contributed by atoms with E-state index in [9.17, 15) is 16.8 Å². The number of benzene rings is 1. The Hall–Kier alpha value is -1.16. The number of nitrogen functional groups attached to an aromatic ring is 1. The van der Waals surface area contributed by atoms with Gasteiger partial charge in [-0.1, -0.05) is 23.7 Å². The summed E-state index contributed by atoms with van der Waals surface area (Å²) >= 11 is 5.58. The molecular formula is C11H18ClN2O5S2+. The van der Waals surface area contributed by atoms with E-state index in [0.29, 0.717) is 17.3 Å². The van der Waals surface area contributed by atoms with Crippen molar-refractivity contribution in [2.75, 3.05) is 24.6 Å². The van der Waals surface area contributed by atoms with E-state index in [1.165, 1.54) is 0 Å². The molecule has 0 radical (unpaired) electrons. The molecular weight excluding hydrogens is 340 g/mol. The Kier molecular flexibility index (Phi) is 9.18. The number of rotatable bonds is 5. The third kappa shape index (κ3) is 10.2. The first-order chi connectivity index (χ1) is 9.67. The summed E-state index contributed by atoms with van der Waals surface area (Å²) in [6.45, 7) is 2.04. The van der Waals surface area contributed by atoms with Crippen molar-refractivity contribution >= 4 is 37.9 Å². The molecule has 1 aromatic rings. The van der Waals surface area contributed by atoms with Crippen LogP contribution in [-0.2, 0) is 20.6 Å². The second kappa shape index (κ2) is 9.72. The Morgan fingerprint density at radius 1 is 1.33 bits per heavy atom. The molecule has 120 valence electrons. The van der Waals surface area contributed by atoms with Crippen molar-refractivity contribution in [2.45, 2.75) is 13.3 Å². The van der Waals surface area contributed by atoms with E-state index in [-0.39, 0.29) is 13.0 Å². The quantitative estimate of drug-likeness (QED) is 0.465. The van der Waals surface area contributed by atoms with Gasteiger partial charge in [0.25, 0.3) is 10.1 Å². The van der Waals surface area contributed by atoms with Gasteiger partial charge < -0.3 is 5.73 Å². The van der Waals surface area contributed by atoms with Crippen LogP contribution in [0.3, 0.4) is 0 Å². The summed E-state index contributed by atoms with van der Waals surface area (Å²) in [5.74, 6) is -0.416. The summed E-state index contributed by atoms with van der Waals surface area (Å²) < 4.78 is 50.7. The Bertz CT molecular complexity index is 657. The fourth-order valence-corrected chi connectivity index (χ4v) is 2.36. The second-order valence-corrected chi connectivity index (χ2v) is 6.83. The molecule has 0 amide bonds. The van der Waals surface area contributed by atoms with E-state index in [1.54, 1.807) is 19.1 Å². The average molecular weight is 358 g/mol. The molecule has 3 N–H and O–H groups in total. The summed E-state index contributed by atoms with van der Waals surface area (Å²) in [7, 11) is -6.31. The molecule has 7 nitrogen and oxygen atoms in total. The Morgan fingerprint density at radius 3 is 2.24 bits per heavy atom. The number of nitrogens with two attached hydrogens (primary N) is 1. The minimum atomic E-state index is -3.98. The van der Waals surface area contributed by atoms with Crippen molar-refractivity contribution in [2.24, 2.45) is 0 Å². The lowest BCUT2D eigenvalue weighted by Gasteiger charge is -1.94. The number of para-hydroxylation sites is 1. The number of hydrogen-bond donors (Lipinski definition) is 2. The Balaban J connectivity index is 0.000000423. The van der Waals surface area contributed by atoms with Crippen molar-refractivity contribution in [3.63, 3.8) is 0 Å². The molecule has 0 heterocycles. The molecule has 0 fully saturated rings. The van der Waals surface area contributed by atoms with E-state index in [2.05, 4.69) is 0 Å². The van der Waals surface area contributed by atoms with Crippen LogP contribution >= 0.6 is 11.6 Å². The zero-order chi connectivity index (χ0) is 16.5. The maximum Gasteiger partial charge on any atom is 0.458 e. The highest BCUT2D eigenvalue weighted by molar-refractivity contribution is 7.85. The minimum absolute atomic E-state index is 0.0979. The van der Waals surface area contributed by atoms with Crippen LogP contribution in [-0.4, -0.2) is 44.2 Å². The predicted molar refractivity (Wildman–Crippen MR) is 81.5 cm³/mol. The normalized spacial score (nSPS) is 10.4. The second-order valence-electron chi connectivity index (χ2n) is 3.90. The van der Waals surface area contributed by atoms with Crippen LogP contribution in [0, 0.1) is 0 Å². The topological polar surface area (TPSA) is 118 Å². The smallest absolute Gasteiger partial charge is 0.398 e. The SMILES string of the molecule is CC[N+](CCCS(=O)(=O)O)=S(=O)=O.Nc1ccccc1Cl. The predicted octanol–water partition coefficient (Wildman–Crippen LogP) is 1.28. The van der Waals surface area contributed by atoms with Gasteiger partial charge >= 0.3 is 10.5 Å². The van der Waals surface area contributed by atoms with Crippen LogP contribution in [0.5, 0.6) is 0 Å². The highest BCUT2D eigenvalue weighted by Gasteiger charge is 2.09. The van der Waals surface area contributed by atoms with E-state index in [0.717, 1.165) is 3.95 Å². The van der Waals surface area contributed by atoms with Gasteiger partial charge in [-0.25, -0.2) is 0 Å². The van der Waals surface area contributed by atoms with Crippen LogP contribution in [0.25, 0.3) is 0 Å². The first kappa shape index (κ1) is 19.8. The first-order valence-corrected chi connectivity index (χ1v) is 8.98. The number of halogens is 1. The molecule has 0 aromatic heterocycles. The molecule has 0 aliphatic heterocycles. The van der Waals surface area contributed by atoms with Gasteiger partial charge in [0.05, 0.1) is 16.5 Å². The summed E-state index contributed by atoms with van der Waals surface area (Å²) in [5.41, 5.74) is 6.02. The third-order valence-corrected chi connectivity index (χ3v) is 4.29. The average Bonchev–Trinajstić information content (AvgIpc) is 2.37. The highest BCUT2D eigenvalue weighted by atomic mass is 35.5. The van der Waals surface area contributed by atoms with Gasteiger partial charge in [-0.05, 0) is 19.1 Å². The number of anilines is 1. The van der Waals surface area contributed by atoms with Crippen molar-refractivity contribution in [3.05, 3.63) is 29.3 Å². The molecule has 0 aliphatic rings. The standard InChI is InChI=1S/C6H6ClN.C5H11NO5S2/c7-5-3-1-2-4-6(5)8;1-2-6(12(7)8)4-3-5-13(9,10)11/h1-4H,8H2;2-5H2,1H3/p+1. The largest absolute Gasteiger partial charge is 0.458 e. The first-order valence-electron chi connectivity index (χ1n) is 5.97. The molecule has 10 heteroatoms. The summed E-state index contributed by atoms with van der Waals surface area (Å²) in [6.07, 6.45) is 0.0979. The lowest BCUT2D eigenvalue weighted by atomic mass is 10.3. The zero-order valence-corrected chi connectivity index (χ0v) is 13.8. The fraction of sp³-hybridized carbons (Fsp3) is 0.455. The summed E-state index contributed by atoms with van der Waals surface area (Å²) in [5, 5.41) is 0.618. The van der Waals surface area contributed by atoms with Crippen molar-refractivity contribution in [1.29, 1.82) is 0 Å². The van der Waals surface area contributed by atoms with Gasteiger partial charge in [0, 0.05) is 6.42 Å². The molecule has 0 aliphatic carbocycles. The molecule has 0 spiro atoms. The molecule has 0 atom stereocenters. The van der Waals surface area contributed by atoms with Crippen molar-refractivity contribution < 1.29 is 25.3 Å². The lowest BCUT2D eigenvalue weighted by molar-refractivity contribution is -0.499. The maximum absolute atomic E-state index is 10.4. The van der Waals surface area contributed by atoms with Crippen molar-refractivity contribution in [1.82, 2.24) is 0 Å². The fourth-order valence-electron chi connectivity index (χ4n) is 1.24. The lowest BCUT2D eigenvalue weighted by Crippen LogP contribution is -2.15. The highest BCUT2D eigenvalue weighted by Crippen LogP contribution is 2.15. The van der Waals surface area contributed by atoms with E-state index in [4.69, 9.17) is 21.9 Å². The summed E-state index contributed by atoms with van der Waals surface area (Å²) in [6, 6.07) is 7.22. The van der Waals surface area contributed by atoms with E-state index >= 15 is 0 Å². The van der Waals surface area contributed by atoms with Gasteiger partial charge in [0.15, 0.2) is 13.1 Å². The molecule has 21 heavy (non-hydrogen) atoms. The van der Waals surface area contributed by atoms with Gasteiger partial charge in [0.1, 0.15) is 0 Å². The van der Waals surface area contributed by atoms with Gasteiger partial charge in [0.2, 0.25) is 0 Å². The monoisotopic (exact) mass is 357 g/mol. The maximum atomic E-state index is 10.4. The van der Waals surface area contributed by atoms with Gasteiger partial charge in [-0.2, -0.15) is 8.42 Å². The zero-order valence-electron chi connectivity index (χ0n) is 11.4. The summed E-state index contributed by atoms with van der Waals surface area (Å²) in [4.78, 5) is 0. The molecule has 0 saturated carbocycles. The van der Waals surface area contributed by atoms with Crippen LogP contribution in [0.4, 0.5) is 5.69 Å².